The number of nitriles is 2. The summed E-state index contributed by atoms with van der Waals surface area (Å²) >= 11 is 8.18. The zero-order valence-electron chi connectivity index (χ0n) is 40.7. The molecule has 0 spiro atoms. The van der Waals surface area contributed by atoms with E-state index in [9.17, 15) is 20.1 Å². The standard InChI is InChI=1S/C54H64ClN11O3S/c1-4-10-47(63(3)53(68)41(34-57)33-50-59-26-32-70-50)39-19-16-38(17-20-39)18-21-49(67)58-25-5-6-27-64-28-9-13-43(64)37-69-54-60-46-36-65(48-15-8-12-40-11-7-14-45(55)51(40)48)29-23-44(46)52(61-54)66-31-30-62(2)42(35-66)22-24-56/h7-8,11-12,14-17,19-20,26,32-33,42-43,47H,4-6,9-10,13,18,21-23,25,27-31,35-37H2,1-3H3,(H,58,67)/b41-33+/t42-,43-,47?/m0/s1. The highest BCUT2D eigenvalue weighted by molar-refractivity contribution is 7.10. The van der Waals surface area contributed by atoms with Crippen molar-refractivity contribution in [2.24, 2.45) is 0 Å². The van der Waals surface area contributed by atoms with Gasteiger partial charge in [-0.3, -0.25) is 19.4 Å². The van der Waals surface area contributed by atoms with Gasteiger partial charge in [0.05, 0.1) is 35.8 Å². The molecule has 5 aromatic rings. The molecule has 3 aliphatic heterocycles. The molecule has 1 N–H and O–H groups in total. The molecule has 3 atom stereocenters. The smallest absolute Gasteiger partial charge is 0.318 e. The molecule has 5 heterocycles. The van der Waals surface area contributed by atoms with Gasteiger partial charge in [0.2, 0.25) is 5.91 Å². The summed E-state index contributed by atoms with van der Waals surface area (Å²) in [7, 11) is 3.84. The van der Waals surface area contributed by atoms with Crippen molar-refractivity contribution in [2.75, 3.05) is 76.3 Å². The first-order chi connectivity index (χ1) is 34.1. The quantitative estimate of drug-likeness (QED) is 0.0451. The average molecular weight is 983 g/mol. The Morgan fingerprint density at radius 3 is 2.63 bits per heavy atom. The fourth-order valence-electron chi connectivity index (χ4n) is 10.2. The number of nitrogens with one attached hydrogen (secondary N) is 1. The number of anilines is 2. The number of hydrogen-bond acceptors (Lipinski definition) is 13. The van der Waals surface area contributed by atoms with Crippen molar-refractivity contribution in [3.05, 3.63) is 110 Å². The number of carbonyl (C=O) groups is 2. The van der Waals surface area contributed by atoms with Crippen molar-refractivity contribution in [3.8, 4) is 18.1 Å². The zero-order chi connectivity index (χ0) is 49.0. The van der Waals surface area contributed by atoms with Crippen molar-refractivity contribution in [2.45, 2.75) is 95.8 Å². The number of thiazole rings is 1. The number of halogens is 1. The Hall–Kier alpha value is -6.10. The van der Waals surface area contributed by atoms with Crippen molar-refractivity contribution in [1.82, 2.24) is 35.0 Å². The third-order valence-electron chi connectivity index (χ3n) is 14.1. The van der Waals surface area contributed by atoms with Gasteiger partial charge in [0.15, 0.2) is 0 Å². The Bertz CT molecular complexity index is 2700. The van der Waals surface area contributed by atoms with Gasteiger partial charge < -0.3 is 24.8 Å². The highest BCUT2D eigenvalue weighted by Crippen LogP contribution is 2.38. The van der Waals surface area contributed by atoms with Crippen molar-refractivity contribution >= 4 is 63.1 Å². The first-order valence-electron chi connectivity index (χ1n) is 24.8. The number of benzene rings is 3. The molecule has 3 aliphatic rings. The van der Waals surface area contributed by atoms with Gasteiger partial charge >= 0.3 is 6.01 Å². The van der Waals surface area contributed by atoms with E-state index in [0.29, 0.717) is 50.0 Å². The van der Waals surface area contributed by atoms with Gasteiger partial charge in [-0.25, -0.2) is 4.98 Å². The normalized spacial score (nSPS) is 18.0. The molecule has 14 nitrogen and oxygen atoms in total. The maximum atomic E-state index is 13.4. The zero-order valence-corrected chi connectivity index (χ0v) is 42.2. The minimum absolute atomic E-state index is 0.0346. The van der Waals surface area contributed by atoms with Crippen molar-refractivity contribution in [1.29, 1.82) is 10.5 Å². The second-order valence-corrected chi connectivity index (χ2v) is 20.0. The van der Waals surface area contributed by atoms with Gasteiger partial charge in [-0.1, -0.05) is 73.5 Å². The molecule has 366 valence electrons. The van der Waals surface area contributed by atoms with Crippen LogP contribution in [-0.2, 0) is 29.0 Å². The summed E-state index contributed by atoms with van der Waals surface area (Å²) in [6.07, 6.45) is 11.1. The average Bonchev–Trinajstić information content (AvgIpc) is 4.08. The van der Waals surface area contributed by atoms with Crippen LogP contribution in [-0.4, -0.2) is 120 Å². The Morgan fingerprint density at radius 2 is 1.86 bits per heavy atom. The second-order valence-electron chi connectivity index (χ2n) is 18.7. The third-order valence-corrected chi connectivity index (χ3v) is 15.2. The molecule has 0 bridgehead atoms. The van der Waals surface area contributed by atoms with Crippen molar-refractivity contribution < 1.29 is 14.3 Å². The number of nitrogens with zero attached hydrogens (tertiary/aromatic N) is 10. The van der Waals surface area contributed by atoms with Crippen LogP contribution in [0.4, 0.5) is 11.5 Å². The Balaban J connectivity index is 0.822. The van der Waals surface area contributed by atoms with E-state index >= 15 is 0 Å². The number of fused-ring (bicyclic) bond motifs is 2. The Kier molecular flexibility index (Phi) is 17.4. The van der Waals surface area contributed by atoms with E-state index in [0.717, 1.165) is 134 Å². The number of aryl methyl sites for hydroxylation is 1. The number of amides is 2. The molecule has 2 saturated heterocycles. The van der Waals surface area contributed by atoms with Crippen LogP contribution in [0.25, 0.3) is 16.8 Å². The molecule has 2 amide bonds. The number of hydrogen-bond donors (Lipinski definition) is 1. The molecule has 8 rings (SSSR count). The molecule has 0 radical (unpaired) electrons. The van der Waals surface area contributed by atoms with Crippen LogP contribution in [0.1, 0.15) is 91.7 Å². The van der Waals surface area contributed by atoms with Gasteiger partial charge in [0, 0.05) is 86.5 Å². The summed E-state index contributed by atoms with van der Waals surface area (Å²) in [6, 6.07) is 25.5. The maximum Gasteiger partial charge on any atom is 0.318 e. The number of carbonyl (C=O) groups excluding carboxylic acids is 2. The highest BCUT2D eigenvalue weighted by Gasteiger charge is 2.32. The third kappa shape index (κ3) is 12.2. The predicted molar refractivity (Wildman–Crippen MR) is 278 cm³/mol. The lowest BCUT2D eigenvalue weighted by molar-refractivity contribution is -0.127. The fraction of sp³-hybridized carbons (Fsp3) is 0.463. The van der Waals surface area contributed by atoms with Crippen LogP contribution >= 0.6 is 22.9 Å². The highest BCUT2D eigenvalue weighted by atomic mass is 35.5. The van der Waals surface area contributed by atoms with Crippen LogP contribution in [0.3, 0.4) is 0 Å². The molecular formula is C54H64ClN11O3S. The van der Waals surface area contributed by atoms with E-state index in [1.165, 1.54) is 11.3 Å². The van der Waals surface area contributed by atoms with Gasteiger partial charge in [-0.2, -0.15) is 20.5 Å². The molecule has 70 heavy (non-hydrogen) atoms. The number of ether oxygens (including phenoxy) is 1. The molecule has 0 aliphatic carbocycles. The minimum atomic E-state index is -0.330. The lowest BCUT2D eigenvalue weighted by Crippen LogP contribution is -2.52. The monoisotopic (exact) mass is 981 g/mol. The van der Waals surface area contributed by atoms with Gasteiger partial charge in [-0.15, -0.1) is 11.3 Å². The lowest BCUT2D eigenvalue weighted by Gasteiger charge is -2.41. The SMILES string of the molecule is CCCC(c1ccc(CCC(=O)NCCCCN2CCC[C@H]2COc2nc3c(c(N4CCN(C)[C@@H](CC#N)C4)n2)CCN(c2cccc4cccc(Cl)c24)C3)cc1)N(C)C(=O)/C(C#N)=C/c1nccs1. The Morgan fingerprint density at radius 1 is 1.03 bits per heavy atom. The molecule has 3 aromatic carbocycles. The molecular weight excluding hydrogens is 918 g/mol. The second kappa shape index (κ2) is 24.1. The summed E-state index contributed by atoms with van der Waals surface area (Å²) in [4.78, 5) is 51.8. The van der Waals surface area contributed by atoms with Crippen molar-refractivity contribution in [3.63, 3.8) is 0 Å². The summed E-state index contributed by atoms with van der Waals surface area (Å²) in [5.74, 6) is 0.632. The largest absolute Gasteiger partial charge is 0.462 e. The minimum Gasteiger partial charge on any atom is -0.462 e. The number of rotatable bonds is 20. The molecule has 2 fully saturated rings. The number of piperazine rings is 1. The Labute approximate surface area is 421 Å². The fourth-order valence-corrected chi connectivity index (χ4v) is 11.0. The van der Waals surface area contributed by atoms with Crippen LogP contribution < -0.4 is 19.9 Å². The van der Waals surface area contributed by atoms with Crippen LogP contribution in [0, 0.1) is 22.7 Å². The van der Waals surface area contributed by atoms with Crippen LogP contribution in [0.15, 0.2) is 77.8 Å². The number of likely N-dealkylation sites (N-methyl/N-ethyl adjacent to an activating group) is 2. The molecule has 2 aromatic heterocycles. The number of aromatic nitrogens is 3. The van der Waals surface area contributed by atoms with Gasteiger partial charge in [0.1, 0.15) is 29.1 Å². The molecule has 16 heteroatoms. The topological polar surface area (TPSA) is 158 Å². The predicted octanol–water partition coefficient (Wildman–Crippen LogP) is 8.62. The maximum absolute atomic E-state index is 13.4. The summed E-state index contributed by atoms with van der Waals surface area (Å²) < 4.78 is 6.56. The summed E-state index contributed by atoms with van der Waals surface area (Å²) in [5, 5.41) is 27.8. The first-order valence-corrected chi connectivity index (χ1v) is 26.0. The lowest BCUT2D eigenvalue weighted by atomic mass is 9.98. The summed E-state index contributed by atoms with van der Waals surface area (Å²) in [6.45, 7) is 8.96. The van der Waals surface area contributed by atoms with E-state index in [1.54, 1.807) is 24.2 Å². The van der Waals surface area contributed by atoms with Crippen LogP contribution in [0.2, 0.25) is 5.02 Å². The number of likely N-dealkylation sites (tertiary alicyclic amines) is 1. The van der Waals surface area contributed by atoms with E-state index in [1.807, 2.05) is 41.8 Å². The van der Waals surface area contributed by atoms with E-state index in [2.05, 4.69) is 80.3 Å². The van der Waals surface area contributed by atoms with E-state index in [-0.39, 0.29) is 35.5 Å². The summed E-state index contributed by atoms with van der Waals surface area (Å²) in [5.41, 5.74) is 5.33. The van der Waals surface area contributed by atoms with E-state index < -0.39 is 0 Å². The van der Waals surface area contributed by atoms with E-state index in [4.69, 9.17) is 26.3 Å². The number of unbranched alkanes of at least 4 members (excludes halogenated alkanes) is 1. The molecule has 1 unspecified atom stereocenters. The van der Waals surface area contributed by atoms with Crippen LogP contribution in [0.5, 0.6) is 6.01 Å². The van der Waals surface area contributed by atoms with Gasteiger partial charge in [-0.05, 0) is 99.8 Å². The first kappa shape index (κ1) is 50.3. The molecule has 0 saturated carbocycles. The van der Waals surface area contributed by atoms with Gasteiger partial charge in [0.25, 0.3) is 5.91 Å².